The van der Waals surface area contributed by atoms with E-state index in [2.05, 4.69) is 5.32 Å². The molecule has 21 heavy (non-hydrogen) atoms. The smallest absolute Gasteiger partial charge is 0.323 e. The topological polar surface area (TPSA) is 78.9 Å². The Morgan fingerprint density at radius 1 is 1.43 bits per heavy atom. The van der Waals surface area contributed by atoms with Crippen LogP contribution in [0, 0.1) is 11.7 Å². The number of nitrogens with zero attached hydrogens (tertiary/aromatic N) is 1. The van der Waals surface area contributed by atoms with Crippen LogP contribution in [0.2, 0.25) is 0 Å². The summed E-state index contributed by atoms with van der Waals surface area (Å²) in [6.07, 6.45) is 0. The van der Waals surface area contributed by atoms with Crippen molar-refractivity contribution in [3.8, 4) is 5.75 Å². The fourth-order valence-corrected chi connectivity index (χ4v) is 1.76. The summed E-state index contributed by atoms with van der Waals surface area (Å²) in [6.45, 7) is 3.66. The van der Waals surface area contributed by atoms with E-state index in [0.717, 1.165) is 0 Å². The summed E-state index contributed by atoms with van der Waals surface area (Å²) in [4.78, 5) is 24.1. The molecule has 0 heterocycles. The van der Waals surface area contributed by atoms with Crippen LogP contribution in [0.4, 0.5) is 14.9 Å². The van der Waals surface area contributed by atoms with Crippen molar-refractivity contribution in [3.63, 3.8) is 0 Å². The molecule has 1 aromatic rings. The van der Waals surface area contributed by atoms with Crippen LogP contribution in [0.1, 0.15) is 13.8 Å². The lowest BCUT2D eigenvalue weighted by Gasteiger charge is -2.23. The molecule has 0 unspecified atom stereocenters. The van der Waals surface area contributed by atoms with E-state index in [9.17, 15) is 14.0 Å². The molecule has 0 aliphatic carbocycles. The minimum Gasteiger partial charge on any atom is -0.494 e. The van der Waals surface area contributed by atoms with Crippen molar-refractivity contribution in [1.29, 1.82) is 0 Å². The highest BCUT2D eigenvalue weighted by Crippen LogP contribution is 2.21. The number of methoxy groups -OCH3 is 1. The number of ether oxygens (including phenoxy) is 1. The van der Waals surface area contributed by atoms with E-state index in [0.29, 0.717) is 12.2 Å². The van der Waals surface area contributed by atoms with Gasteiger partial charge in [-0.3, -0.25) is 4.79 Å². The van der Waals surface area contributed by atoms with Crippen molar-refractivity contribution in [2.45, 2.75) is 13.8 Å². The number of amides is 2. The number of anilines is 1. The van der Waals surface area contributed by atoms with Gasteiger partial charge >= 0.3 is 12.0 Å². The van der Waals surface area contributed by atoms with E-state index < -0.39 is 24.4 Å². The molecule has 0 saturated carbocycles. The van der Waals surface area contributed by atoms with E-state index in [-0.39, 0.29) is 11.7 Å². The predicted molar refractivity (Wildman–Crippen MR) is 76.0 cm³/mol. The molecule has 0 atom stereocenters. The third kappa shape index (κ3) is 5.29. The summed E-state index contributed by atoms with van der Waals surface area (Å²) >= 11 is 0. The summed E-state index contributed by atoms with van der Waals surface area (Å²) in [6, 6.07) is 3.32. The Kier molecular flexibility index (Phi) is 5.95. The number of nitrogens with one attached hydrogen (secondary N) is 1. The summed E-state index contributed by atoms with van der Waals surface area (Å²) in [5.41, 5.74) is 0.331. The highest BCUT2D eigenvalue weighted by Gasteiger charge is 2.18. The number of hydrogen-bond acceptors (Lipinski definition) is 3. The fourth-order valence-electron chi connectivity index (χ4n) is 1.76. The van der Waals surface area contributed by atoms with Crippen molar-refractivity contribution < 1.29 is 23.8 Å². The highest BCUT2D eigenvalue weighted by atomic mass is 19.1. The number of carboxylic acid groups (broad SMARTS) is 1. The van der Waals surface area contributed by atoms with Gasteiger partial charge in [0.15, 0.2) is 11.6 Å². The third-order valence-electron chi connectivity index (χ3n) is 2.60. The SMILES string of the molecule is COc1cc(NC(=O)N(CC(=O)O)CC(C)C)ccc1F. The molecule has 0 aliphatic rings. The first-order valence-electron chi connectivity index (χ1n) is 6.44. The number of carbonyl (C=O) groups excluding carboxylic acids is 1. The van der Waals surface area contributed by atoms with Crippen LogP contribution >= 0.6 is 0 Å². The maximum absolute atomic E-state index is 13.3. The first-order chi connectivity index (χ1) is 9.83. The molecule has 0 spiro atoms. The average Bonchev–Trinajstić information content (AvgIpc) is 2.39. The molecule has 0 aromatic heterocycles. The number of carboxylic acids is 1. The van der Waals surface area contributed by atoms with Gasteiger partial charge < -0.3 is 20.1 Å². The lowest BCUT2D eigenvalue weighted by Crippen LogP contribution is -2.40. The van der Waals surface area contributed by atoms with Gasteiger partial charge in [0, 0.05) is 18.3 Å². The number of halogens is 1. The maximum atomic E-state index is 13.3. The summed E-state index contributed by atoms with van der Waals surface area (Å²) in [5, 5.41) is 11.4. The number of benzene rings is 1. The summed E-state index contributed by atoms with van der Waals surface area (Å²) < 4.78 is 18.1. The molecule has 6 nitrogen and oxygen atoms in total. The molecule has 2 N–H and O–H groups in total. The molecule has 7 heteroatoms. The second kappa shape index (κ2) is 7.47. The summed E-state index contributed by atoms with van der Waals surface area (Å²) in [5.74, 6) is -1.51. The van der Waals surface area contributed by atoms with E-state index >= 15 is 0 Å². The standard InChI is InChI=1S/C14H19FN2O4/c1-9(2)7-17(8-13(18)19)14(20)16-10-4-5-11(15)12(6-10)21-3/h4-6,9H,7-8H2,1-3H3,(H,16,20)(H,18,19). The van der Waals surface area contributed by atoms with E-state index in [4.69, 9.17) is 9.84 Å². The van der Waals surface area contributed by atoms with Crippen LogP contribution in [0.3, 0.4) is 0 Å². The van der Waals surface area contributed by atoms with Crippen LogP contribution in [0.5, 0.6) is 5.75 Å². The molecular formula is C14H19FN2O4. The van der Waals surface area contributed by atoms with Gasteiger partial charge in [-0.1, -0.05) is 13.8 Å². The van der Waals surface area contributed by atoms with Crippen molar-refractivity contribution in [2.75, 3.05) is 25.5 Å². The Balaban J connectivity index is 2.82. The van der Waals surface area contributed by atoms with Gasteiger partial charge in [0.25, 0.3) is 0 Å². The van der Waals surface area contributed by atoms with E-state index in [1.807, 2.05) is 13.8 Å². The molecule has 116 valence electrons. The largest absolute Gasteiger partial charge is 0.494 e. The number of rotatable bonds is 6. The van der Waals surface area contributed by atoms with Crippen LogP contribution < -0.4 is 10.1 Å². The van der Waals surface area contributed by atoms with Crippen LogP contribution in [-0.4, -0.2) is 42.2 Å². The molecule has 0 aliphatic heterocycles. The second-order valence-corrected chi connectivity index (χ2v) is 4.95. The number of urea groups is 1. The lowest BCUT2D eigenvalue weighted by molar-refractivity contribution is -0.137. The molecule has 2 amide bonds. The van der Waals surface area contributed by atoms with Gasteiger partial charge in [0.05, 0.1) is 7.11 Å². The first kappa shape index (κ1) is 16.7. The fraction of sp³-hybridized carbons (Fsp3) is 0.429. The van der Waals surface area contributed by atoms with Crippen molar-refractivity contribution in [3.05, 3.63) is 24.0 Å². The Bertz CT molecular complexity index is 520. The molecule has 0 fully saturated rings. The normalized spacial score (nSPS) is 10.3. The van der Waals surface area contributed by atoms with Crippen LogP contribution in [0.15, 0.2) is 18.2 Å². The third-order valence-corrected chi connectivity index (χ3v) is 2.60. The van der Waals surface area contributed by atoms with Crippen LogP contribution in [-0.2, 0) is 4.79 Å². The highest BCUT2D eigenvalue weighted by molar-refractivity contribution is 5.91. The van der Waals surface area contributed by atoms with Gasteiger partial charge in [0.2, 0.25) is 0 Å². The van der Waals surface area contributed by atoms with Gasteiger partial charge in [-0.15, -0.1) is 0 Å². The average molecular weight is 298 g/mol. The van der Waals surface area contributed by atoms with E-state index in [1.54, 1.807) is 0 Å². The van der Waals surface area contributed by atoms with Crippen molar-refractivity contribution in [1.82, 2.24) is 4.90 Å². The van der Waals surface area contributed by atoms with Gasteiger partial charge in [-0.25, -0.2) is 9.18 Å². The molecule has 1 aromatic carbocycles. The molecular weight excluding hydrogens is 279 g/mol. The molecule has 0 radical (unpaired) electrons. The minimum atomic E-state index is -1.09. The molecule has 0 bridgehead atoms. The zero-order chi connectivity index (χ0) is 16.0. The maximum Gasteiger partial charge on any atom is 0.323 e. The second-order valence-electron chi connectivity index (χ2n) is 4.95. The number of aliphatic carboxylic acids is 1. The van der Waals surface area contributed by atoms with Gasteiger partial charge in [-0.05, 0) is 18.1 Å². The predicted octanol–water partition coefficient (Wildman–Crippen LogP) is 2.41. The Morgan fingerprint density at radius 3 is 2.62 bits per heavy atom. The molecule has 1 rings (SSSR count). The van der Waals surface area contributed by atoms with Gasteiger partial charge in [-0.2, -0.15) is 0 Å². The zero-order valence-electron chi connectivity index (χ0n) is 12.2. The number of carbonyl (C=O) groups is 2. The quantitative estimate of drug-likeness (QED) is 0.845. The monoisotopic (exact) mass is 298 g/mol. The Morgan fingerprint density at radius 2 is 2.10 bits per heavy atom. The Labute approximate surface area is 122 Å². The summed E-state index contributed by atoms with van der Waals surface area (Å²) in [7, 11) is 1.32. The first-order valence-corrected chi connectivity index (χ1v) is 6.44. The van der Waals surface area contributed by atoms with Crippen molar-refractivity contribution >= 4 is 17.7 Å². The van der Waals surface area contributed by atoms with Gasteiger partial charge in [0.1, 0.15) is 6.54 Å². The van der Waals surface area contributed by atoms with Crippen LogP contribution in [0.25, 0.3) is 0 Å². The molecule has 0 saturated heterocycles. The number of hydrogen-bond donors (Lipinski definition) is 2. The zero-order valence-corrected chi connectivity index (χ0v) is 12.2. The minimum absolute atomic E-state index is 0.00134. The van der Waals surface area contributed by atoms with Crippen molar-refractivity contribution in [2.24, 2.45) is 5.92 Å². The van der Waals surface area contributed by atoms with E-state index in [1.165, 1.54) is 30.2 Å². The Hall–Kier alpha value is -2.31. The lowest BCUT2D eigenvalue weighted by atomic mass is 10.2.